The molecule has 0 spiro atoms. The number of nitrogens with one attached hydrogen (secondary N) is 2. The van der Waals surface area contributed by atoms with Gasteiger partial charge in [-0.25, -0.2) is 4.99 Å². The monoisotopic (exact) mass is 323 g/mol. The van der Waals surface area contributed by atoms with Gasteiger partial charge in [0.2, 0.25) is 0 Å². The van der Waals surface area contributed by atoms with Crippen LogP contribution in [-0.2, 0) is 11.3 Å². The van der Waals surface area contributed by atoms with Crippen molar-refractivity contribution < 1.29 is 14.6 Å². The van der Waals surface area contributed by atoms with Crippen LogP contribution in [0.15, 0.2) is 23.2 Å². The lowest BCUT2D eigenvalue weighted by Gasteiger charge is -2.12. The predicted molar refractivity (Wildman–Crippen MR) is 93.2 cm³/mol. The quantitative estimate of drug-likeness (QED) is 0.350. The minimum absolute atomic E-state index is 0.224. The molecule has 0 radical (unpaired) electrons. The molecule has 0 saturated carbocycles. The van der Waals surface area contributed by atoms with E-state index < -0.39 is 0 Å². The number of hydrogen-bond acceptors (Lipinski definition) is 4. The molecule has 23 heavy (non-hydrogen) atoms. The smallest absolute Gasteiger partial charge is 0.191 e. The van der Waals surface area contributed by atoms with Crippen molar-refractivity contribution in [3.63, 3.8) is 0 Å². The number of guanidine groups is 1. The van der Waals surface area contributed by atoms with Crippen molar-refractivity contribution in [2.45, 2.75) is 33.2 Å². The topological polar surface area (TPSA) is 75.1 Å². The van der Waals surface area contributed by atoms with Gasteiger partial charge in [0.15, 0.2) is 5.96 Å². The Morgan fingerprint density at radius 2 is 2.04 bits per heavy atom. The van der Waals surface area contributed by atoms with Crippen LogP contribution in [0.3, 0.4) is 0 Å². The summed E-state index contributed by atoms with van der Waals surface area (Å²) < 4.78 is 10.5. The molecule has 1 aromatic carbocycles. The SMILES string of the molecule is CCNC(=NCc1cc(OC)ccc1O)NCCCCOCC. The van der Waals surface area contributed by atoms with Gasteiger partial charge < -0.3 is 25.2 Å². The van der Waals surface area contributed by atoms with Crippen molar-refractivity contribution in [2.24, 2.45) is 4.99 Å². The number of aromatic hydroxyl groups is 1. The molecule has 0 amide bonds. The summed E-state index contributed by atoms with van der Waals surface area (Å²) in [7, 11) is 1.60. The number of aliphatic imine (C=N–C) groups is 1. The Balaban J connectivity index is 2.51. The number of methoxy groups -OCH3 is 1. The highest BCUT2D eigenvalue weighted by Gasteiger charge is 2.04. The summed E-state index contributed by atoms with van der Waals surface area (Å²) in [5, 5.41) is 16.4. The maximum Gasteiger partial charge on any atom is 0.191 e. The molecule has 0 heterocycles. The lowest BCUT2D eigenvalue weighted by molar-refractivity contribution is 0.143. The Kier molecular flexibility index (Phi) is 9.63. The first-order valence-electron chi connectivity index (χ1n) is 8.17. The molecule has 0 bridgehead atoms. The van der Waals surface area contributed by atoms with Crippen molar-refractivity contribution in [1.29, 1.82) is 0 Å². The first kappa shape index (κ1) is 19.1. The van der Waals surface area contributed by atoms with Gasteiger partial charge in [-0.05, 0) is 44.9 Å². The third kappa shape index (κ3) is 7.74. The third-order valence-electron chi connectivity index (χ3n) is 3.25. The van der Waals surface area contributed by atoms with E-state index in [2.05, 4.69) is 15.6 Å². The average molecular weight is 323 g/mol. The molecule has 0 atom stereocenters. The second-order valence-electron chi connectivity index (χ2n) is 5.02. The Morgan fingerprint density at radius 3 is 2.74 bits per heavy atom. The molecular formula is C17H29N3O3. The van der Waals surface area contributed by atoms with Crippen LogP contribution in [0.1, 0.15) is 32.3 Å². The van der Waals surface area contributed by atoms with Crippen LogP contribution in [0.5, 0.6) is 11.5 Å². The van der Waals surface area contributed by atoms with Gasteiger partial charge in [-0.1, -0.05) is 0 Å². The number of phenols is 1. The highest BCUT2D eigenvalue weighted by Crippen LogP contribution is 2.23. The zero-order valence-corrected chi connectivity index (χ0v) is 14.4. The molecule has 6 heteroatoms. The fraction of sp³-hybridized carbons (Fsp3) is 0.588. The van der Waals surface area contributed by atoms with Crippen molar-refractivity contribution in [1.82, 2.24) is 10.6 Å². The summed E-state index contributed by atoms with van der Waals surface area (Å²) in [6.45, 7) is 7.60. The van der Waals surface area contributed by atoms with E-state index in [1.54, 1.807) is 25.3 Å². The van der Waals surface area contributed by atoms with Gasteiger partial charge in [0, 0.05) is 31.9 Å². The molecule has 130 valence electrons. The second-order valence-corrected chi connectivity index (χ2v) is 5.02. The number of benzene rings is 1. The minimum Gasteiger partial charge on any atom is -0.508 e. The lowest BCUT2D eigenvalue weighted by Crippen LogP contribution is -2.37. The molecule has 1 rings (SSSR count). The molecule has 0 unspecified atom stereocenters. The van der Waals surface area contributed by atoms with Crippen LogP contribution < -0.4 is 15.4 Å². The number of phenolic OH excluding ortho intramolecular Hbond substituents is 1. The van der Waals surface area contributed by atoms with Crippen molar-refractivity contribution in [2.75, 3.05) is 33.4 Å². The van der Waals surface area contributed by atoms with Crippen LogP contribution in [0, 0.1) is 0 Å². The molecule has 0 aromatic heterocycles. The summed E-state index contributed by atoms with van der Waals surface area (Å²) >= 11 is 0. The summed E-state index contributed by atoms with van der Waals surface area (Å²) in [4.78, 5) is 4.50. The fourth-order valence-electron chi connectivity index (χ4n) is 2.00. The third-order valence-corrected chi connectivity index (χ3v) is 3.25. The van der Waals surface area contributed by atoms with Crippen molar-refractivity contribution in [3.05, 3.63) is 23.8 Å². The Morgan fingerprint density at radius 1 is 1.22 bits per heavy atom. The molecule has 1 aromatic rings. The van der Waals surface area contributed by atoms with Crippen molar-refractivity contribution in [3.8, 4) is 11.5 Å². The van der Waals surface area contributed by atoms with Gasteiger partial charge in [-0.2, -0.15) is 0 Å². The molecular weight excluding hydrogens is 294 g/mol. The van der Waals surface area contributed by atoms with Crippen LogP contribution in [0.25, 0.3) is 0 Å². The maximum atomic E-state index is 9.89. The molecule has 0 fully saturated rings. The van der Waals surface area contributed by atoms with Crippen LogP contribution in [0.4, 0.5) is 0 Å². The number of hydrogen-bond donors (Lipinski definition) is 3. The zero-order valence-electron chi connectivity index (χ0n) is 14.4. The number of unbranched alkanes of at least 4 members (excludes halogenated alkanes) is 1. The van der Waals surface area contributed by atoms with Crippen LogP contribution >= 0.6 is 0 Å². The van der Waals surface area contributed by atoms with Gasteiger partial charge in [0.25, 0.3) is 0 Å². The van der Waals surface area contributed by atoms with E-state index in [0.717, 1.165) is 50.7 Å². The number of nitrogens with zero attached hydrogens (tertiary/aromatic N) is 1. The van der Waals surface area contributed by atoms with E-state index >= 15 is 0 Å². The fourth-order valence-corrected chi connectivity index (χ4v) is 2.00. The molecule has 3 N–H and O–H groups in total. The molecule has 0 aliphatic heterocycles. The van der Waals surface area contributed by atoms with E-state index in [4.69, 9.17) is 9.47 Å². The molecule has 0 aliphatic carbocycles. The highest BCUT2D eigenvalue weighted by molar-refractivity contribution is 5.79. The summed E-state index contributed by atoms with van der Waals surface area (Å²) in [6.07, 6.45) is 2.05. The molecule has 6 nitrogen and oxygen atoms in total. The van der Waals surface area contributed by atoms with Crippen LogP contribution in [-0.4, -0.2) is 44.5 Å². The normalized spacial score (nSPS) is 11.3. The maximum absolute atomic E-state index is 9.89. The average Bonchev–Trinajstić information content (AvgIpc) is 2.57. The van der Waals surface area contributed by atoms with Gasteiger partial charge in [0.05, 0.1) is 13.7 Å². The standard InChI is InChI=1S/C17H29N3O3/c1-4-18-17(19-10-6-7-11-23-5-2)20-13-14-12-15(22-3)8-9-16(14)21/h8-9,12,21H,4-7,10-11,13H2,1-3H3,(H2,18,19,20). The number of rotatable bonds is 10. The van der Waals surface area contributed by atoms with Gasteiger partial charge in [-0.15, -0.1) is 0 Å². The summed E-state index contributed by atoms with van der Waals surface area (Å²) in [6, 6.07) is 5.15. The van der Waals surface area contributed by atoms with Crippen molar-refractivity contribution >= 4 is 5.96 Å². The van der Waals surface area contributed by atoms with Gasteiger partial charge >= 0.3 is 0 Å². The summed E-state index contributed by atoms with van der Waals surface area (Å²) in [5.41, 5.74) is 0.734. The number of ether oxygens (including phenoxy) is 2. The highest BCUT2D eigenvalue weighted by atomic mass is 16.5. The minimum atomic E-state index is 0.224. The second kappa shape index (κ2) is 11.6. The Labute approximate surface area is 138 Å². The first-order valence-corrected chi connectivity index (χ1v) is 8.17. The Hall–Kier alpha value is -1.95. The van der Waals surface area contributed by atoms with Crippen LogP contribution in [0.2, 0.25) is 0 Å². The molecule has 0 saturated heterocycles. The van der Waals surface area contributed by atoms with Gasteiger partial charge in [-0.3, -0.25) is 0 Å². The largest absolute Gasteiger partial charge is 0.508 e. The van der Waals surface area contributed by atoms with E-state index in [1.807, 2.05) is 13.8 Å². The first-order chi connectivity index (χ1) is 11.2. The zero-order chi connectivity index (χ0) is 16.9. The lowest BCUT2D eigenvalue weighted by atomic mass is 10.2. The van der Waals surface area contributed by atoms with Gasteiger partial charge in [0.1, 0.15) is 11.5 Å². The Bertz CT molecular complexity index is 478. The van der Waals surface area contributed by atoms with E-state index in [0.29, 0.717) is 12.3 Å². The van der Waals surface area contributed by atoms with E-state index in [1.165, 1.54) is 0 Å². The summed E-state index contributed by atoms with van der Waals surface area (Å²) in [5.74, 6) is 1.68. The van der Waals surface area contributed by atoms with E-state index in [9.17, 15) is 5.11 Å². The molecule has 0 aliphatic rings. The predicted octanol–water partition coefficient (Wildman–Crippen LogP) is 2.27. The van der Waals surface area contributed by atoms with E-state index in [-0.39, 0.29) is 5.75 Å².